The highest BCUT2D eigenvalue weighted by Gasteiger charge is 2.09. The maximum atomic E-state index is 13.1. The predicted molar refractivity (Wildman–Crippen MR) is 87.8 cm³/mol. The van der Waals surface area contributed by atoms with Crippen LogP contribution < -0.4 is 5.32 Å². The number of amides is 1. The molecule has 0 aromatic heterocycles. The Balaban J connectivity index is 1.89. The highest BCUT2D eigenvalue weighted by Crippen LogP contribution is 2.19. The van der Waals surface area contributed by atoms with Crippen LogP contribution in [-0.2, 0) is 11.3 Å². The van der Waals surface area contributed by atoms with Gasteiger partial charge in [0.05, 0.1) is 11.6 Å². The minimum Gasteiger partial charge on any atom is -0.325 e. The van der Waals surface area contributed by atoms with Crippen molar-refractivity contribution in [3.05, 3.63) is 63.9 Å². The van der Waals surface area contributed by atoms with Crippen LogP contribution in [0.1, 0.15) is 5.56 Å². The molecule has 0 aliphatic rings. The molecule has 6 heteroatoms. The Bertz CT molecular complexity index is 679. The lowest BCUT2D eigenvalue weighted by molar-refractivity contribution is -0.117. The van der Waals surface area contributed by atoms with Crippen molar-refractivity contribution in [1.29, 1.82) is 0 Å². The number of nitrogens with one attached hydrogen (secondary N) is 1. The summed E-state index contributed by atoms with van der Waals surface area (Å²) in [6.07, 6.45) is 0. The molecule has 116 valence electrons. The normalized spacial score (nSPS) is 10.8. The van der Waals surface area contributed by atoms with Gasteiger partial charge in [-0.2, -0.15) is 0 Å². The summed E-state index contributed by atoms with van der Waals surface area (Å²) >= 11 is 11.6. The zero-order chi connectivity index (χ0) is 16.1. The van der Waals surface area contributed by atoms with E-state index in [0.29, 0.717) is 17.3 Å². The Labute approximate surface area is 138 Å². The molecule has 0 spiro atoms. The van der Waals surface area contributed by atoms with Crippen molar-refractivity contribution >= 4 is 34.8 Å². The zero-order valence-electron chi connectivity index (χ0n) is 11.9. The molecule has 22 heavy (non-hydrogen) atoms. The van der Waals surface area contributed by atoms with Crippen LogP contribution in [0.5, 0.6) is 0 Å². The van der Waals surface area contributed by atoms with E-state index in [1.165, 1.54) is 18.2 Å². The predicted octanol–water partition coefficient (Wildman–Crippen LogP) is 4.20. The lowest BCUT2D eigenvalue weighted by Gasteiger charge is -2.16. The molecule has 0 saturated heterocycles. The van der Waals surface area contributed by atoms with Crippen LogP contribution >= 0.6 is 23.2 Å². The number of hydrogen-bond acceptors (Lipinski definition) is 2. The van der Waals surface area contributed by atoms with Crippen LogP contribution in [0, 0.1) is 5.82 Å². The summed E-state index contributed by atoms with van der Waals surface area (Å²) in [4.78, 5) is 13.8. The molecule has 0 bridgehead atoms. The van der Waals surface area contributed by atoms with Crippen LogP contribution in [0.3, 0.4) is 0 Å². The van der Waals surface area contributed by atoms with Crippen LogP contribution in [-0.4, -0.2) is 24.4 Å². The van der Waals surface area contributed by atoms with Crippen LogP contribution in [0.15, 0.2) is 42.5 Å². The largest absolute Gasteiger partial charge is 0.325 e. The Kier molecular flexibility index (Phi) is 5.77. The molecule has 2 aromatic carbocycles. The van der Waals surface area contributed by atoms with Crippen molar-refractivity contribution in [2.75, 3.05) is 18.9 Å². The Morgan fingerprint density at radius 1 is 1.23 bits per heavy atom. The summed E-state index contributed by atoms with van der Waals surface area (Å²) < 4.78 is 13.1. The first-order valence-corrected chi connectivity index (χ1v) is 7.37. The van der Waals surface area contributed by atoms with Gasteiger partial charge in [-0.1, -0.05) is 35.3 Å². The summed E-state index contributed by atoms with van der Waals surface area (Å²) in [6.45, 7) is 0.791. The molecular weight excluding hydrogens is 326 g/mol. The maximum Gasteiger partial charge on any atom is 0.238 e. The molecule has 0 heterocycles. The van der Waals surface area contributed by atoms with Gasteiger partial charge in [-0.15, -0.1) is 0 Å². The number of benzene rings is 2. The zero-order valence-corrected chi connectivity index (χ0v) is 13.5. The van der Waals surface area contributed by atoms with E-state index in [4.69, 9.17) is 23.2 Å². The van der Waals surface area contributed by atoms with Crippen molar-refractivity contribution in [2.45, 2.75) is 6.54 Å². The molecule has 0 saturated carbocycles. The van der Waals surface area contributed by atoms with Crippen molar-refractivity contribution in [3.63, 3.8) is 0 Å². The standard InChI is InChI=1S/C16H15Cl2FN2O/c1-21(9-11-3-2-4-12(17)7-11)10-16(22)20-13-5-6-15(19)14(18)8-13/h2-8H,9-10H2,1H3,(H,20,22). The number of hydrogen-bond donors (Lipinski definition) is 1. The monoisotopic (exact) mass is 340 g/mol. The Morgan fingerprint density at radius 2 is 2.00 bits per heavy atom. The average Bonchev–Trinajstić information content (AvgIpc) is 2.42. The van der Waals surface area contributed by atoms with E-state index >= 15 is 0 Å². The molecular formula is C16H15Cl2FN2O. The second-order valence-electron chi connectivity index (χ2n) is 4.98. The lowest BCUT2D eigenvalue weighted by atomic mass is 10.2. The van der Waals surface area contributed by atoms with Gasteiger partial charge in [0.2, 0.25) is 5.91 Å². The summed E-state index contributed by atoms with van der Waals surface area (Å²) in [5.41, 5.74) is 1.49. The first-order chi connectivity index (χ1) is 10.4. The minimum absolute atomic E-state index is 0.0231. The van der Waals surface area contributed by atoms with Gasteiger partial charge in [0.1, 0.15) is 5.82 Å². The third-order valence-corrected chi connectivity index (χ3v) is 3.48. The van der Waals surface area contributed by atoms with Crippen molar-refractivity contribution < 1.29 is 9.18 Å². The second-order valence-corrected chi connectivity index (χ2v) is 5.82. The van der Waals surface area contributed by atoms with E-state index in [1.807, 2.05) is 30.1 Å². The van der Waals surface area contributed by atoms with Gasteiger partial charge in [0, 0.05) is 17.3 Å². The summed E-state index contributed by atoms with van der Waals surface area (Å²) in [5, 5.41) is 3.32. The number of nitrogens with zero attached hydrogens (tertiary/aromatic N) is 1. The third kappa shape index (κ3) is 4.98. The molecule has 2 aromatic rings. The van der Waals surface area contributed by atoms with Gasteiger partial charge in [0.15, 0.2) is 0 Å². The Hall–Kier alpha value is -1.62. The molecule has 1 N–H and O–H groups in total. The SMILES string of the molecule is CN(CC(=O)Nc1ccc(F)c(Cl)c1)Cc1cccc(Cl)c1. The summed E-state index contributed by atoms with van der Waals surface area (Å²) in [7, 11) is 1.83. The van der Waals surface area contributed by atoms with Crippen LogP contribution in [0.4, 0.5) is 10.1 Å². The maximum absolute atomic E-state index is 13.1. The third-order valence-electron chi connectivity index (χ3n) is 2.96. The molecule has 2 rings (SSSR count). The number of anilines is 1. The number of rotatable bonds is 5. The first-order valence-electron chi connectivity index (χ1n) is 6.62. The highest BCUT2D eigenvalue weighted by molar-refractivity contribution is 6.31. The van der Waals surface area contributed by atoms with Crippen molar-refractivity contribution in [3.8, 4) is 0 Å². The number of halogens is 3. The first kappa shape index (κ1) is 16.7. The Morgan fingerprint density at radius 3 is 2.68 bits per heavy atom. The van der Waals surface area contributed by atoms with Gasteiger partial charge < -0.3 is 5.32 Å². The smallest absolute Gasteiger partial charge is 0.238 e. The minimum atomic E-state index is -0.516. The molecule has 1 amide bonds. The highest BCUT2D eigenvalue weighted by atomic mass is 35.5. The van der Waals surface area contributed by atoms with Gasteiger partial charge in [-0.25, -0.2) is 4.39 Å². The fourth-order valence-electron chi connectivity index (χ4n) is 2.02. The van der Waals surface area contributed by atoms with Crippen molar-refractivity contribution in [2.24, 2.45) is 0 Å². The second kappa shape index (κ2) is 7.58. The van der Waals surface area contributed by atoms with E-state index in [-0.39, 0.29) is 17.5 Å². The quantitative estimate of drug-likeness (QED) is 0.884. The molecule has 0 unspecified atom stereocenters. The van der Waals surface area contributed by atoms with Crippen molar-refractivity contribution in [1.82, 2.24) is 4.90 Å². The topological polar surface area (TPSA) is 32.3 Å². The number of likely N-dealkylation sites (N-methyl/N-ethyl adjacent to an activating group) is 1. The van der Waals surface area contributed by atoms with Crippen LogP contribution in [0.25, 0.3) is 0 Å². The molecule has 3 nitrogen and oxygen atoms in total. The number of carbonyl (C=O) groups excluding carboxylic acids is 1. The number of carbonyl (C=O) groups is 1. The molecule has 0 aliphatic heterocycles. The van der Waals surface area contributed by atoms with E-state index < -0.39 is 5.82 Å². The van der Waals surface area contributed by atoms with Gasteiger partial charge in [-0.3, -0.25) is 9.69 Å². The van der Waals surface area contributed by atoms with Crippen LogP contribution in [0.2, 0.25) is 10.0 Å². The fraction of sp³-hybridized carbons (Fsp3) is 0.188. The van der Waals surface area contributed by atoms with E-state index in [1.54, 1.807) is 6.07 Å². The summed E-state index contributed by atoms with van der Waals surface area (Å²) in [5.74, 6) is -0.718. The fourth-order valence-corrected chi connectivity index (χ4v) is 2.42. The van der Waals surface area contributed by atoms with Gasteiger partial charge in [0.25, 0.3) is 0 Å². The van der Waals surface area contributed by atoms with E-state index in [2.05, 4.69) is 5.32 Å². The van der Waals surface area contributed by atoms with E-state index in [9.17, 15) is 9.18 Å². The molecule has 0 radical (unpaired) electrons. The average molecular weight is 341 g/mol. The molecule has 0 fully saturated rings. The van der Waals surface area contributed by atoms with Gasteiger partial charge >= 0.3 is 0 Å². The summed E-state index contributed by atoms with van der Waals surface area (Å²) in [6, 6.07) is 11.5. The molecule has 0 aliphatic carbocycles. The molecule has 0 atom stereocenters. The van der Waals surface area contributed by atoms with Gasteiger partial charge in [-0.05, 0) is 42.9 Å². The van der Waals surface area contributed by atoms with E-state index in [0.717, 1.165) is 5.56 Å². The lowest BCUT2D eigenvalue weighted by Crippen LogP contribution is -2.29.